The number of carbonyl (C=O) groups excluding carboxylic acids is 1. The molecule has 0 atom stereocenters. The van der Waals surface area contributed by atoms with Gasteiger partial charge in [0.15, 0.2) is 5.78 Å². The van der Waals surface area contributed by atoms with Crippen LogP contribution >= 0.6 is 0 Å². The van der Waals surface area contributed by atoms with Crippen molar-refractivity contribution in [2.24, 2.45) is 5.73 Å². The topological polar surface area (TPSA) is 43.1 Å². The minimum absolute atomic E-state index is 0.0917. The summed E-state index contributed by atoms with van der Waals surface area (Å²) < 4.78 is 0. The molecule has 0 aromatic heterocycles. The predicted octanol–water partition coefficient (Wildman–Crippen LogP) is 2.27. The van der Waals surface area contributed by atoms with Gasteiger partial charge in [-0.25, -0.2) is 0 Å². The molecule has 0 unspecified atom stereocenters. The van der Waals surface area contributed by atoms with E-state index >= 15 is 0 Å². The second-order valence-electron chi connectivity index (χ2n) is 3.93. The molecule has 3 rings (SSSR count). The van der Waals surface area contributed by atoms with Crippen LogP contribution in [0.25, 0.3) is 5.57 Å². The van der Waals surface area contributed by atoms with E-state index in [1.54, 1.807) is 0 Å². The second kappa shape index (κ2) is 2.83. The lowest BCUT2D eigenvalue weighted by atomic mass is 9.95. The van der Waals surface area contributed by atoms with Gasteiger partial charge >= 0.3 is 0 Å². The number of carbonyl (C=O) groups is 1. The van der Waals surface area contributed by atoms with E-state index in [1.165, 1.54) is 0 Å². The van der Waals surface area contributed by atoms with Gasteiger partial charge in [-0.3, -0.25) is 4.79 Å². The van der Waals surface area contributed by atoms with Crippen molar-refractivity contribution in [3.63, 3.8) is 0 Å². The molecule has 0 bridgehead atoms. The Labute approximate surface area is 88.1 Å². The van der Waals surface area contributed by atoms with E-state index in [2.05, 4.69) is 6.08 Å². The van der Waals surface area contributed by atoms with Gasteiger partial charge in [-0.15, -0.1) is 0 Å². The van der Waals surface area contributed by atoms with Gasteiger partial charge in [-0.1, -0.05) is 30.3 Å². The molecule has 0 radical (unpaired) electrons. The minimum Gasteiger partial charge on any atom is -0.401 e. The highest BCUT2D eigenvalue weighted by Gasteiger charge is 2.32. The number of fused-ring (bicyclic) bond motifs is 3. The van der Waals surface area contributed by atoms with Gasteiger partial charge < -0.3 is 5.73 Å². The Balaban J connectivity index is 2.33. The van der Waals surface area contributed by atoms with Crippen molar-refractivity contribution in [1.82, 2.24) is 0 Å². The molecule has 0 spiro atoms. The van der Waals surface area contributed by atoms with Crippen LogP contribution in [0.3, 0.4) is 0 Å². The maximum atomic E-state index is 12.1. The maximum Gasteiger partial charge on any atom is 0.195 e. The largest absolute Gasteiger partial charge is 0.401 e. The number of nitrogens with two attached hydrogens (primary N) is 1. The van der Waals surface area contributed by atoms with Crippen molar-refractivity contribution < 1.29 is 4.79 Å². The summed E-state index contributed by atoms with van der Waals surface area (Å²) >= 11 is 0. The summed E-state index contributed by atoms with van der Waals surface area (Å²) in [7, 11) is 0. The smallest absolute Gasteiger partial charge is 0.195 e. The number of hydrogen-bond donors (Lipinski definition) is 1. The Morgan fingerprint density at radius 2 is 1.87 bits per heavy atom. The summed E-state index contributed by atoms with van der Waals surface area (Å²) in [6.07, 6.45) is 3.86. The van der Waals surface area contributed by atoms with Gasteiger partial charge in [0.2, 0.25) is 0 Å². The summed E-state index contributed by atoms with van der Waals surface area (Å²) in [6, 6.07) is 7.72. The monoisotopic (exact) mass is 197 g/mol. The third-order valence-corrected chi connectivity index (χ3v) is 3.04. The van der Waals surface area contributed by atoms with Crippen LogP contribution < -0.4 is 5.73 Å². The Morgan fingerprint density at radius 1 is 1.13 bits per heavy atom. The quantitative estimate of drug-likeness (QED) is 0.693. The van der Waals surface area contributed by atoms with Crippen molar-refractivity contribution in [1.29, 1.82) is 0 Å². The molecule has 15 heavy (non-hydrogen) atoms. The number of ketones is 1. The molecule has 2 nitrogen and oxygen atoms in total. The second-order valence-corrected chi connectivity index (χ2v) is 3.93. The molecule has 0 heterocycles. The Bertz CT molecular complexity index is 523. The van der Waals surface area contributed by atoms with E-state index in [0.29, 0.717) is 0 Å². The van der Waals surface area contributed by atoms with Gasteiger partial charge in [0.05, 0.1) is 0 Å². The van der Waals surface area contributed by atoms with Crippen molar-refractivity contribution in [3.8, 4) is 0 Å². The third kappa shape index (κ3) is 1.02. The summed E-state index contributed by atoms with van der Waals surface area (Å²) in [5.41, 5.74) is 10.3. The van der Waals surface area contributed by atoms with E-state index in [1.807, 2.05) is 24.3 Å². The SMILES string of the molecule is NC1=C2C(=O)c3ccccc3C2=CCC1. The van der Waals surface area contributed by atoms with Gasteiger partial charge in [-0.05, 0) is 24.0 Å². The molecule has 74 valence electrons. The summed E-state index contributed by atoms with van der Waals surface area (Å²) in [4.78, 5) is 12.1. The molecule has 2 aliphatic rings. The number of hydrogen-bond acceptors (Lipinski definition) is 2. The van der Waals surface area contributed by atoms with Crippen LogP contribution in [0, 0.1) is 0 Å². The first-order valence-corrected chi connectivity index (χ1v) is 5.12. The van der Waals surface area contributed by atoms with Crippen LogP contribution in [0.4, 0.5) is 0 Å². The zero-order valence-electron chi connectivity index (χ0n) is 8.29. The van der Waals surface area contributed by atoms with Crippen molar-refractivity contribution >= 4 is 11.4 Å². The number of allylic oxidation sites excluding steroid dienone is 4. The normalized spacial score (nSPS) is 18.7. The van der Waals surface area contributed by atoms with Crippen molar-refractivity contribution in [2.75, 3.05) is 0 Å². The van der Waals surface area contributed by atoms with Gasteiger partial charge in [-0.2, -0.15) is 0 Å². The first-order chi connectivity index (χ1) is 7.29. The molecule has 1 aromatic rings. The molecule has 0 saturated heterocycles. The molecule has 0 saturated carbocycles. The molecule has 0 amide bonds. The van der Waals surface area contributed by atoms with Crippen LogP contribution in [0.1, 0.15) is 28.8 Å². The van der Waals surface area contributed by atoms with Crippen LogP contribution in [0.5, 0.6) is 0 Å². The average Bonchev–Trinajstić information content (AvgIpc) is 2.55. The van der Waals surface area contributed by atoms with E-state index in [-0.39, 0.29) is 5.78 Å². The van der Waals surface area contributed by atoms with Gasteiger partial charge in [0.1, 0.15) is 0 Å². The fourth-order valence-corrected chi connectivity index (χ4v) is 2.34. The summed E-state index contributed by atoms with van der Waals surface area (Å²) in [6.45, 7) is 0. The molecular weight excluding hydrogens is 186 g/mol. The molecule has 2 N–H and O–H groups in total. The highest BCUT2D eigenvalue weighted by atomic mass is 16.1. The number of Topliss-reactive ketones (excluding diaryl/α,β-unsaturated/α-hetero) is 1. The summed E-state index contributed by atoms with van der Waals surface area (Å²) in [5, 5.41) is 0. The Hall–Kier alpha value is -1.83. The predicted molar refractivity (Wildman–Crippen MR) is 59.2 cm³/mol. The molecule has 2 heteroatoms. The van der Waals surface area contributed by atoms with Crippen molar-refractivity contribution in [2.45, 2.75) is 12.8 Å². The van der Waals surface area contributed by atoms with Crippen molar-refractivity contribution in [3.05, 3.63) is 52.7 Å². The van der Waals surface area contributed by atoms with Gasteiger partial charge in [0.25, 0.3) is 0 Å². The first kappa shape index (κ1) is 8.48. The van der Waals surface area contributed by atoms with Gasteiger partial charge in [0, 0.05) is 16.8 Å². The van der Waals surface area contributed by atoms with Crippen LogP contribution in [-0.2, 0) is 0 Å². The number of benzene rings is 1. The van der Waals surface area contributed by atoms with Crippen LogP contribution in [0.15, 0.2) is 41.6 Å². The number of rotatable bonds is 0. The van der Waals surface area contributed by atoms with Crippen LogP contribution in [-0.4, -0.2) is 5.78 Å². The lowest BCUT2D eigenvalue weighted by Gasteiger charge is -2.11. The molecule has 2 aliphatic carbocycles. The standard InChI is InChI=1S/C13H11NO/c14-11-7-3-6-9-8-4-1-2-5-10(8)13(15)12(9)11/h1-2,4-6H,3,7,14H2. The highest BCUT2D eigenvalue weighted by Crippen LogP contribution is 2.40. The lowest BCUT2D eigenvalue weighted by Crippen LogP contribution is -2.09. The summed E-state index contributed by atoms with van der Waals surface area (Å²) in [5.74, 6) is 0.0917. The minimum atomic E-state index is 0.0917. The Kier molecular flexibility index (Phi) is 1.60. The fourth-order valence-electron chi connectivity index (χ4n) is 2.34. The highest BCUT2D eigenvalue weighted by molar-refractivity contribution is 6.27. The van der Waals surface area contributed by atoms with E-state index in [4.69, 9.17) is 5.73 Å². The zero-order chi connectivity index (χ0) is 10.4. The molecule has 1 aromatic carbocycles. The van der Waals surface area contributed by atoms with E-state index in [0.717, 1.165) is 40.8 Å². The van der Waals surface area contributed by atoms with E-state index < -0.39 is 0 Å². The average molecular weight is 197 g/mol. The van der Waals surface area contributed by atoms with E-state index in [9.17, 15) is 4.79 Å². The van der Waals surface area contributed by atoms with Crippen LogP contribution in [0.2, 0.25) is 0 Å². The molecule has 0 aliphatic heterocycles. The lowest BCUT2D eigenvalue weighted by molar-refractivity contribution is 0.104. The fraction of sp³-hybridized carbons (Fsp3) is 0.154. The maximum absolute atomic E-state index is 12.1. The molecular formula is C13H11NO. The zero-order valence-corrected chi connectivity index (χ0v) is 8.29. The first-order valence-electron chi connectivity index (χ1n) is 5.12. The third-order valence-electron chi connectivity index (χ3n) is 3.04. The molecule has 0 fully saturated rings. The Morgan fingerprint density at radius 3 is 2.67 bits per heavy atom.